The Labute approximate surface area is 166 Å². The third kappa shape index (κ3) is 4.74. The van der Waals surface area contributed by atoms with Gasteiger partial charge in [-0.3, -0.25) is 4.79 Å². The van der Waals surface area contributed by atoms with Gasteiger partial charge in [0.15, 0.2) is 0 Å². The molecule has 1 heterocycles. The van der Waals surface area contributed by atoms with Crippen molar-refractivity contribution in [1.29, 1.82) is 0 Å². The Hall–Kier alpha value is -3.21. The summed E-state index contributed by atoms with van der Waals surface area (Å²) in [4.78, 5) is 21.6. The van der Waals surface area contributed by atoms with Gasteiger partial charge in [0.25, 0.3) is 5.91 Å². The fourth-order valence-corrected chi connectivity index (χ4v) is 3.11. The topological polar surface area (TPSA) is 66.9 Å². The van der Waals surface area contributed by atoms with Gasteiger partial charge in [-0.05, 0) is 37.0 Å². The van der Waals surface area contributed by atoms with Crippen molar-refractivity contribution in [3.8, 4) is 0 Å². The second-order valence-electron chi connectivity index (χ2n) is 7.16. The fourth-order valence-electron chi connectivity index (χ4n) is 3.11. The first-order valence-corrected chi connectivity index (χ1v) is 9.51. The maximum atomic E-state index is 12.8. The molecule has 3 aromatic rings. The van der Waals surface area contributed by atoms with Crippen molar-refractivity contribution in [2.24, 2.45) is 0 Å². The molecule has 144 valence electrons. The summed E-state index contributed by atoms with van der Waals surface area (Å²) in [6.45, 7) is 8.06. The lowest BCUT2D eigenvalue weighted by Gasteiger charge is -2.16. The van der Waals surface area contributed by atoms with Crippen molar-refractivity contribution in [2.45, 2.75) is 39.7 Å². The van der Waals surface area contributed by atoms with Crippen LogP contribution in [-0.4, -0.2) is 15.9 Å². The molecule has 5 nitrogen and oxygen atoms in total. The molecule has 5 heteroatoms. The Kier molecular flexibility index (Phi) is 6.04. The van der Waals surface area contributed by atoms with Gasteiger partial charge in [-0.1, -0.05) is 62.4 Å². The van der Waals surface area contributed by atoms with E-state index in [2.05, 4.69) is 53.5 Å². The molecule has 2 aromatic carbocycles. The molecule has 0 fully saturated rings. The summed E-state index contributed by atoms with van der Waals surface area (Å²) in [6.07, 6.45) is 0. The number of anilines is 2. The highest BCUT2D eigenvalue weighted by Gasteiger charge is 2.15. The third-order valence-electron chi connectivity index (χ3n) is 4.57. The Bertz CT molecular complexity index is 954. The SMILES string of the molecule is Cc1nc(NC(C)c2ccccc2)cc(C(=O)Nc2ccccc2C(C)C)n1. The van der Waals surface area contributed by atoms with E-state index in [0.29, 0.717) is 23.3 Å². The van der Waals surface area contributed by atoms with Crippen LogP contribution < -0.4 is 10.6 Å². The van der Waals surface area contributed by atoms with Crippen LogP contribution in [0.15, 0.2) is 60.7 Å². The van der Waals surface area contributed by atoms with Crippen LogP contribution in [0.1, 0.15) is 60.2 Å². The summed E-state index contributed by atoms with van der Waals surface area (Å²) < 4.78 is 0. The fraction of sp³-hybridized carbons (Fsp3) is 0.261. The maximum Gasteiger partial charge on any atom is 0.274 e. The number of carbonyl (C=O) groups excluding carboxylic acids is 1. The van der Waals surface area contributed by atoms with Gasteiger partial charge in [0.05, 0.1) is 0 Å². The summed E-state index contributed by atoms with van der Waals surface area (Å²) in [6, 6.07) is 19.7. The Morgan fingerprint density at radius 3 is 2.32 bits per heavy atom. The van der Waals surface area contributed by atoms with Gasteiger partial charge in [0.2, 0.25) is 0 Å². The average Bonchev–Trinajstić information content (AvgIpc) is 2.68. The van der Waals surface area contributed by atoms with Gasteiger partial charge in [-0.25, -0.2) is 9.97 Å². The molecule has 0 aliphatic heterocycles. The summed E-state index contributed by atoms with van der Waals surface area (Å²) in [5.74, 6) is 1.25. The number of nitrogens with one attached hydrogen (secondary N) is 2. The lowest BCUT2D eigenvalue weighted by atomic mass is 10.0. The molecule has 0 spiro atoms. The summed E-state index contributed by atoms with van der Waals surface area (Å²) in [7, 11) is 0. The average molecular weight is 374 g/mol. The molecule has 0 bridgehead atoms. The second-order valence-corrected chi connectivity index (χ2v) is 7.16. The van der Waals surface area contributed by atoms with E-state index >= 15 is 0 Å². The number of nitrogens with zero attached hydrogens (tertiary/aromatic N) is 2. The van der Waals surface area contributed by atoms with E-state index in [1.807, 2.05) is 42.5 Å². The van der Waals surface area contributed by atoms with Crippen molar-refractivity contribution in [1.82, 2.24) is 9.97 Å². The van der Waals surface area contributed by atoms with Gasteiger partial charge in [0, 0.05) is 17.8 Å². The van der Waals surface area contributed by atoms with Gasteiger partial charge < -0.3 is 10.6 Å². The monoisotopic (exact) mass is 374 g/mol. The quantitative estimate of drug-likeness (QED) is 0.612. The van der Waals surface area contributed by atoms with E-state index in [1.165, 1.54) is 0 Å². The molecule has 1 unspecified atom stereocenters. The first-order chi connectivity index (χ1) is 13.4. The zero-order chi connectivity index (χ0) is 20.1. The second kappa shape index (κ2) is 8.65. The summed E-state index contributed by atoms with van der Waals surface area (Å²) >= 11 is 0. The van der Waals surface area contributed by atoms with Crippen molar-refractivity contribution >= 4 is 17.4 Å². The van der Waals surface area contributed by atoms with E-state index in [4.69, 9.17) is 0 Å². The first kappa shape index (κ1) is 19.5. The van der Waals surface area contributed by atoms with Crippen LogP contribution in [0, 0.1) is 6.92 Å². The summed E-state index contributed by atoms with van der Waals surface area (Å²) in [5, 5.41) is 6.35. The van der Waals surface area contributed by atoms with Gasteiger partial charge in [-0.15, -0.1) is 0 Å². The largest absolute Gasteiger partial charge is 0.363 e. The normalized spacial score (nSPS) is 11.9. The Balaban J connectivity index is 1.80. The lowest BCUT2D eigenvalue weighted by molar-refractivity contribution is 0.102. The third-order valence-corrected chi connectivity index (χ3v) is 4.57. The van der Waals surface area contributed by atoms with Gasteiger partial charge in [0.1, 0.15) is 17.3 Å². The van der Waals surface area contributed by atoms with E-state index in [9.17, 15) is 4.79 Å². The number of aryl methyl sites for hydroxylation is 1. The van der Waals surface area contributed by atoms with Gasteiger partial charge in [-0.2, -0.15) is 0 Å². The molecule has 1 atom stereocenters. The molecule has 0 saturated carbocycles. The number of benzene rings is 2. The molecular formula is C23H26N4O. The van der Waals surface area contributed by atoms with Crippen LogP contribution in [0.4, 0.5) is 11.5 Å². The molecule has 0 saturated heterocycles. The van der Waals surface area contributed by atoms with Crippen molar-refractivity contribution < 1.29 is 4.79 Å². The standard InChI is InChI=1S/C23H26N4O/c1-15(2)19-12-8-9-13-20(19)27-23(28)21-14-22(26-17(4)25-21)24-16(3)18-10-6-5-7-11-18/h5-16H,1-4H3,(H,27,28)(H,24,25,26). The van der Waals surface area contributed by atoms with Crippen LogP contribution in [-0.2, 0) is 0 Å². The van der Waals surface area contributed by atoms with Crippen molar-refractivity contribution in [3.05, 3.63) is 83.3 Å². The maximum absolute atomic E-state index is 12.8. The molecule has 1 aromatic heterocycles. The number of para-hydroxylation sites is 1. The van der Waals surface area contributed by atoms with Crippen LogP contribution in [0.3, 0.4) is 0 Å². The molecular weight excluding hydrogens is 348 g/mol. The van der Waals surface area contributed by atoms with E-state index < -0.39 is 0 Å². The Morgan fingerprint density at radius 1 is 0.929 bits per heavy atom. The summed E-state index contributed by atoms with van der Waals surface area (Å²) in [5.41, 5.74) is 3.40. The smallest absolute Gasteiger partial charge is 0.274 e. The highest BCUT2D eigenvalue weighted by molar-refractivity contribution is 6.03. The minimum absolute atomic E-state index is 0.0630. The first-order valence-electron chi connectivity index (χ1n) is 9.51. The Morgan fingerprint density at radius 2 is 1.61 bits per heavy atom. The number of aromatic nitrogens is 2. The lowest BCUT2D eigenvalue weighted by Crippen LogP contribution is -2.17. The zero-order valence-electron chi connectivity index (χ0n) is 16.7. The predicted molar refractivity (Wildman–Crippen MR) is 114 cm³/mol. The van der Waals surface area contributed by atoms with Crippen LogP contribution in [0.5, 0.6) is 0 Å². The molecule has 28 heavy (non-hydrogen) atoms. The molecule has 0 aliphatic carbocycles. The highest BCUT2D eigenvalue weighted by Crippen LogP contribution is 2.24. The number of hydrogen-bond acceptors (Lipinski definition) is 4. The molecule has 0 aliphatic rings. The van der Waals surface area contributed by atoms with E-state index in [1.54, 1.807) is 13.0 Å². The number of carbonyl (C=O) groups is 1. The van der Waals surface area contributed by atoms with Crippen molar-refractivity contribution in [3.63, 3.8) is 0 Å². The predicted octanol–water partition coefficient (Wildman–Crippen LogP) is 5.33. The number of hydrogen-bond donors (Lipinski definition) is 2. The molecule has 1 amide bonds. The molecule has 3 rings (SSSR count). The minimum Gasteiger partial charge on any atom is -0.363 e. The van der Waals surface area contributed by atoms with Crippen LogP contribution in [0.2, 0.25) is 0 Å². The van der Waals surface area contributed by atoms with Crippen LogP contribution in [0.25, 0.3) is 0 Å². The van der Waals surface area contributed by atoms with Crippen molar-refractivity contribution in [2.75, 3.05) is 10.6 Å². The minimum atomic E-state index is -0.242. The molecule has 0 radical (unpaired) electrons. The highest BCUT2D eigenvalue weighted by atomic mass is 16.1. The number of amides is 1. The molecule has 2 N–H and O–H groups in total. The zero-order valence-corrected chi connectivity index (χ0v) is 16.7. The number of rotatable bonds is 6. The van der Waals surface area contributed by atoms with E-state index in [-0.39, 0.29) is 11.9 Å². The van der Waals surface area contributed by atoms with E-state index in [0.717, 1.165) is 16.8 Å². The van der Waals surface area contributed by atoms with Gasteiger partial charge >= 0.3 is 0 Å². The van der Waals surface area contributed by atoms with Crippen LogP contribution >= 0.6 is 0 Å².